The van der Waals surface area contributed by atoms with Gasteiger partial charge in [0, 0.05) is 25.7 Å². The summed E-state index contributed by atoms with van der Waals surface area (Å²) >= 11 is 0. The molecule has 2 N–H and O–H groups in total. The van der Waals surface area contributed by atoms with Crippen LogP contribution in [0, 0.1) is 0 Å². The van der Waals surface area contributed by atoms with Crippen molar-refractivity contribution in [2.24, 2.45) is 5.73 Å². The van der Waals surface area contributed by atoms with Crippen LogP contribution in [0.15, 0.2) is 24.3 Å². The van der Waals surface area contributed by atoms with Gasteiger partial charge in [-0.3, -0.25) is 4.79 Å². The fraction of sp³-hybridized carbons (Fsp3) is 0.562. The van der Waals surface area contributed by atoms with Crippen LogP contribution in [0.3, 0.4) is 0 Å². The topological polar surface area (TPSA) is 58.8 Å². The van der Waals surface area contributed by atoms with Crippen LogP contribution in [0.5, 0.6) is 5.75 Å². The summed E-state index contributed by atoms with van der Waals surface area (Å²) in [5.74, 6) is 0.765. The van der Waals surface area contributed by atoms with Gasteiger partial charge in [0.25, 0.3) is 5.91 Å². The summed E-state index contributed by atoms with van der Waals surface area (Å²) in [4.78, 5) is 16.5. The van der Waals surface area contributed by atoms with E-state index < -0.39 is 0 Å². The fourth-order valence-corrected chi connectivity index (χ4v) is 2.69. The number of carbonyl (C=O) groups is 1. The van der Waals surface area contributed by atoms with Crippen LogP contribution in [-0.2, 0) is 11.3 Å². The highest BCUT2D eigenvalue weighted by Gasteiger charge is 2.24. The predicted molar refractivity (Wildman–Crippen MR) is 83.1 cm³/mol. The SMILES string of the molecule is CC1CN(C)CCCN1C(=O)COc1ccc(CN)cc1. The monoisotopic (exact) mass is 291 g/mol. The maximum absolute atomic E-state index is 12.3. The molecule has 1 aromatic carbocycles. The normalized spacial score (nSPS) is 20.1. The number of rotatable bonds is 4. The van der Waals surface area contributed by atoms with E-state index in [-0.39, 0.29) is 18.6 Å². The van der Waals surface area contributed by atoms with E-state index in [0.29, 0.717) is 12.3 Å². The van der Waals surface area contributed by atoms with Gasteiger partial charge in [0.1, 0.15) is 5.75 Å². The lowest BCUT2D eigenvalue weighted by Crippen LogP contribution is -2.44. The highest BCUT2D eigenvalue weighted by molar-refractivity contribution is 5.78. The summed E-state index contributed by atoms with van der Waals surface area (Å²) in [6, 6.07) is 7.78. The van der Waals surface area contributed by atoms with Gasteiger partial charge in [-0.2, -0.15) is 0 Å². The van der Waals surface area contributed by atoms with Gasteiger partial charge in [0.05, 0.1) is 0 Å². The van der Waals surface area contributed by atoms with Gasteiger partial charge in [-0.05, 0) is 44.6 Å². The molecule has 0 aliphatic carbocycles. The van der Waals surface area contributed by atoms with Crippen molar-refractivity contribution < 1.29 is 9.53 Å². The molecule has 1 amide bonds. The molecule has 0 spiro atoms. The molecule has 1 fully saturated rings. The van der Waals surface area contributed by atoms with E-state index in [1.165, 1.54) is 0 Å². The zero-order chi connectivity index (χ0) is 15.2. The molecule has 0 aromatic heterocycles. The van der Waals surface area contributed by atoms with Crippen LogP contribution in [0.2, 0.25) is 0 Å². The van der Waals surface area contributed by atoms with Crippen LogP contribution >= 0.6 is 0 Å². The molecule has 116 valence electrons. The molecular weight excluding hydrogens is 266 g/mol. The number of hydrogen-bond acceptors (Lipinski definition) is 4. The molecule has 2 rings (SSSR count). The Morgan fingerprint density at radius 1 is 1.33 bits per heavy atom. The van der Waals surface area contributed by atoms with Crippen molar-refractivity contribution in [2.75, 3.05) is 33.3 Å². The maximum atomic E-state index is 12.3. The van der Waals surface area contributed by atoms with Crippen molar-refractivity contribution in [3.05, 3.63) is 29.8 Å². The quantitative estimate of drug-likeness (QED) is 0.902. The lowest BCUT2D eigenvalue weighted by atomic mass is 10.2. The van der Waals surface area contributed by atoms with E-state index in [0.717, 1.165) is 31.6 Å². The van der Waals surface area contributed by atoms with Crippen LogP contribution in [0.4, 0.5) is 0 Å². The molecule has 1 aliphatic heterocycles. The van der Waals surface area contributed by atoms with Crippen LogP contribution in [0.1, 0.15) is 18.9 Å². The molecule has 0 bridgehead atoms. The lowest BCUT2D eigenvalue weighted by Gasteiger charge is -2.28. The van der Waals surface area contributed by atoms with Gasteiger partial charge in [-0.25, -0.2) is 0 Å². The molecule has 1 aromatic rings. The molecule has 21 heavy (non-hydrogen) atoms. The maximum Gasteiger partial charge on any atom is 0.260 e. The van der Waals surface area contributed by atoms with E-state index in [2.05, 4.69) is 18.9 Å². The first-order valence-electron chi connectivity index (χ1n) is 7.50. The van der Waals surface area contributed by atoms with Gasteiger partial charge < -0.3 is 20.3 Å². The Labute approximate surface area is 126 Å². The molecule has 5 nitrogen and oxygen atoms in total. The molecule has 5 heteroatoms. The molecule has 1 unspecified atom stereocenters. The van der Waals surface area contributed by atoms with Crippen molar-refractivity contribution in [2.45, 2.75) is 25.9 Å². The highest BCUT2D eigenvalue weighted by Crippen LogP contribution is 2.13. The van der Waals surface area contributed by atoms with Gasteiger partial charge in [-0.15, -0.1) is 0 Å². The Hall–Kier alpha value is -1.59. The van der Waals surface area contributed by atoms with Gasteiger partial charge in [0.15, 0.2) is 6.61 Å². The molecule has 1 atom stereocenters. The number of carbonyl (C=O) groups excluding carboxylic acids is 1. The van der Waals surface area contributed by atoms with E-state index in [4.69, 9.17) is 10.5 Å². The van der Waals surface area contributed by atoms with E-state index in [1.54, 1.807) is 0 Å². The van der Waals surface area contributed by atoms with Crippen LogP contribution < -0.4 is 10.5 Å². The summed E-state index contributed by atoms with van der Waals surface area (Å²) in [5, 5.41) is 0. The Balaban J connectivity index is 1.88. The van der Waals surface area contributed by atoms with Crippen molar-refractivity contribution >= 4 is 5.91 Å². The summed E-state index contributed by atoms with van der Waals surface area (Å²) in [6.45, 7) is 5.45. The van der Waals surface area contributed by atoms with Crippen molar-refractivity contribution in [1.82, 2.24) is 9.80 Å². The van der Waals surface area contributed by atoms with Crippen LogP contribution in [0.25, 0.3) is 0 Å². The lowest BCUT2D eigenvalue weighted by molar-refractivity contribution is -0.135. The molecule has 1 aliphatic rings. The van der Waals surface area contributed by atoms with E-state index in [9.17, 15) is 4.79 Å². The molecule has 1 saturated heterocycles. The molecule has 1 heterocycles. The third-order valence-corrected chi connectivity index (χ3v) is 3.89. The summed E-state index contributed by atoms with van der Waals surface area (Å²) in [6.07, 6.45) is 1.01. The number of benzene rings is 1. The number of likely N-dealkylation sites (N-methyl/N-ethyl adjacent to an activating group) is 1. The predicted octanol–water partition coefficient (Wildman–Crippen LogP) is 1.08. The van der Waals surface area contributed by atoms with E-state index >= 15 is 0 Å². The second-order valence-corrected chi connectivity index (χ2v) is 5.69. The zero-order valence-corrected chi connectivity index (χ0v) is 12.9. The minimum absolute atomic E-state index is 0.0562. The first kappa shape index (κ1) is 15.8. The van der Waals surface area contributed by atoms with Gasteiger partial charge >= 0.3 is 0 Å². The summed E-state index contributed by atoms with van der Waals surface area (Å²) < 4.78 is 5.59. The smallest absolute Gasteiger partial charge is 0.260 e. The number of amides is 1. The molecule has 0 radical (unpaired) electrons. The Kier molecular flexibility index (Phi) is 5.59. The van der Waals surface area contributed by atoms with Gasteiger partial charge in [-0.1, -0.05) is 12.1 Å². The number of nitrogens with two attached hydrogens (primary N) is 1. The number of ether oxygens (including phenoxy) is 1. The van der Waals surface area contributed by atoms with Crippen molar-refractivity contribution in [3.63, 3.8) is 0 Å². The highest BCUT2D eigenvalue weighted by atomic mass is 16.5. The number of hydrogen-bond donors (Lipinski definition) is 1. The minimum atomic E-state index is 0.0562. The Morgan fingerprint density at radius 2 is 2.05 bits per heavy atom. The van der Waals surface area contributed by atoms with E-state index in [1.807, 2.05) is 29.2 Å². The summed E-state index contributed by atoms with van der Waals surface area (Å²) in [5.41, 5.74) is 6.61. The average molecular weight is 291 g/mol. The molecule has 0 saturated carbocycles. The minimum Gasteiger partial charge on any atom is -0.484 e. The average Bonchev–Trinajstić information content (AvgIpc) is 2.65. The first-order valence-corrected chi connectivity index (χ1v) is 7.50. The van der Waals surface area contributed by atoms with Crippen molar-refractivity contribution in [3.8, 4) is 5.75 Å². The summed E-state index contributed by atoms with van der Waals surface area (Å²) in [7, 11) is 2.10. The van der Waals surface area contributed by atoms with Gasteiger partial charge in [0.2, 0.25) is 0 Å². The standard InChI is InChI=1S/C16H25N3O2/c1-13-11-18(2)8-3-9-19(13)16(20)12-21-15-6-4-14(10-17)5-7-15/h4-7,13H,3,8-12,17H2,1-2H3. The Morgan fingerprint density at radius 3 is 2.71 bits per heavy atom. The first-order chi connectivity index (χ1) is 10.1. The van der Waals surface area contributed by atoms with Crippen molar-refractivity contribution in [1.29, 1.82) is 0 Å². The molecular formula is C16H25N3O2. The zero-order valence-electron chi connectivity index (χ0n) is 12.9. The Bertz CT molecular complexity index is 461. The second-order valence-electron chi connectivity index (χ2n) is 5.69. The fourth-order valence-electron chi connectivity index (χ4n) is 2.69. The number of nitrogens with zero attached hydrogens (tertiary/aromatic N) is 2. The largest absolute Gasteiger partial charge is 0.484 e. The second kappa shape index (κ2) is 7.43. The van der Waals surface area contributed by atoms with Crippen LogP contribution in [-0.4, -0.2) is 55.0 Å². The third kappa shape index (κ3) is 4.44. The third-order valence-electron chi connectivity index (χ3n) is 3.89.